The molecule has 0 aliphatic carbocycles. The Labute approximate surface area is 69.4 Å². The first kappa shape index (κ1) is 8.58. The highest BCUT2D eigenvalue weighted by atomic mass is 32.1. The highest BCUT2D eigenvalue weighted by Gasteiger charge is 2.01. The fourth-order valence-corrected chi connectivity index (χ4v) is 1.53. The average molecular weight is 173 g/mol. The molecule has 0 aromatic carbocycles. The molecule has 11 heavy (non-hydrogen) atoms. The van der Waals surface area contributed by atoms with Gasteiger partial charge in [-0.3, -0.25) is 0 Å². The molecule has 0 bridgehead atoms. The predicted octanol–water partition coefficient (Wildman–Crippen LogP) is 0.186. The molecule has 0 saturated carbocycles. The topological polar surface area (TPSA) is 61.0 Å². The summed E-state index contributed by atoms with van der Waals surface area (Å²) in [6.45, 7) is 1.17. The molecule has 1 rings (SSSR count). The van der Waals surface area contributed by atoms with Gasteiger partial charge in [0.2, 0.25) is 0 Å². The second kappa shape index (κ2) is 4.38. The zero-order valence-electron chi connectivity index (χ0n) is 6.41. The van der Waals surface area contributed by atoms with Crippen molar-refractivity contribution in [3.8, 4) is 0 Å². The fraction of sp³-hybridized carbons (Fsp3) is 0.667. The van der Waals surface area contributed by atoms with Crippen LogP contribution in [0.2, 0.25) is 0 Å². The van der Waals surface area contributed by atoms with Crippen LogP contribution in [0.25, 0.3) is 0 Å². The third-order valence-electron chi connectivity index (χ3n) is 1.13. The Balaban J connectivity index is 2.51. The lowest BCUT2D eigenvalue weighted by Crippen LogP contribution is -2.01. The monoisotopic (exact) mass is 173 g/mol. The van der Waals surface area contributed by atoms with Gasteiger partial charge in [-0.15, -0.1) is 10.2 Å². The highest BCUT2D eigenvalue weighted by Crippen LogP contribution is 2.09. The molecule has 0 atom stereocenters. The van der Waals surface area contributed by atoms with Gasteiger partial charge in [-0.25, -0.2) is 0 Å². The van der Waals surface area contributed by atoms with Crippen LogP contribution in [-0.4, -0.2) is 23.9 Å². The molecule has 0 fully saturated rings. The lowest BCUT2D eigenvalue weighted by atomic mass is 10.5. The quantitative estimate of drug-likeness (QED) is 0.706. The van der Waals surface area contributed by atoms with Crippen molar-refractivity contribution in [3.05, 3.63) is 10.0 Å². The lowest BCUT2D eigenvalue weighted by molar-refractivity contribution is 0.184. The maximum absolute atomic E-state index is 5.35. The van der Waals surface area contributed by atoms with Gasteiger partial charge in [0.05, 0.1) is 6.61 Å². The largest absolute Gasteiger partial charge is 0.377 e. The number of ether oxygens (including phenoxy) is 1. The van der Waals surface area contributed by atoms with E-state index < -0.39 is 0 Å². The predicted molar refractivity (Wildman–Crippen MR) is 43.4 cm³/mol. The molecule has 0 aliphatic heterocycles. The van der Waals surface area contributed by atoms with Gasteiger partial charge in [0.15, 0.2) is 0 Å². The molecular formula is C6H11N3OS. The Kier molecular flexibility index (Phi) is 3.41. The number of hydrogen-bond acceptors (Lipinski definition) is 5. The van der Waals surface area contributed by atoms with Crippen LogP contribution in [0, 0.1) is 0 Å². The molecule has 1 heterocycles. The van der Waals surface area contributed by atoms with Crippen molar-refractivity contribution in [1.29, 1.82) is 0 Å². The minimum Gasteiger partial charge on any atom is -0.377 e. The van der Waals surface area contributed by atoms with E-state index in [9.17, 15) is 0 Å². The van der Waals surface area contributed by atoms with Gasteiger partial charge in [0.1, 0.15) is 10.0 Å². The number of methoxy groups -OCH3 is 1. The molecule has 0 amide bonds. The summed E-state index contributed by atoms with van der Waals surface area (Å²) in [6.07, 6.45) is 0.807. The standard InChI is InChI=1S/C6H11N3OS/c1-10-4-6-9-8-5(11-6)2-3-7/h2-4,7H2,1H3. The van der Waals surface area contributed by atoms with Crippen LogP contribution in [-0.2, 0) is 17.8 Å². The second-order valence-electron chi connectivity index (χ2n) is 2.06. The van der Waals surface area contributed by atoms with Crippen molar-refractivity contribution >= 4 is 11.3 Å². The zero-order chi connectivity index (χ0) is 8.10. The Morgan fingerprint density at radius 1 is 1.45 bits per heavy atom. The maximum atomic E-state index is 5.35. The van der Waals surface area contributed by atoms with Gasteiger partial charge in [0, 0.05) is 13.5 Å². The van der Waals surface area contributed by atoms with E-state index in [0.29, 0.717) is 13.2 Å². The van der Waals surface area contributed by atoms with Crippen LogP contribution in [0.4, 0.5) is 0 Å². The first-order chi connectivity index (χ1) is 5.36. The van der Waals surface area contributed by atoms with E-state index in [1.807, 2.05) is 0 Å². The second-order valence-corrected chi connectivity index (χ2v) is 3.21. The average Bonchev–Trinajstić information content (AvgIpc) is 2.38. The summed E-state index contributed by atoms with van der Waals surface area (Å²) in [6, 6.07) is 0. The summed E-state index contributed by atoms with van der Waals surface area (Å²) < 4.78 is 4.90. The smallest absolute Gasteiger partial charge is 0.143 e. The summed E-state index contributed by atoms with van der Waals surface area (Å²) in [5.74, 6) is 0. The Bertz CT molecular complexity index is 193. The minimum absolute atomic E-state index is 0.544. The van der Waals surface area contributed by atoms with E-state index in [4.69, 9.17) is 10.5 Å². The Hall–Kier alpha value is -0.520. The van der Waals surface area contributed by atoms with E-state index in [2.05, 4.69) is 10.2 Å². The van der Waals surface area contributed by atoms with Crippen LogP contribution >= 0.6 is 11.3 Å². The Morgan fingerprint density at radius 2 is 2.18 bits per heavy atom. The molecule has 2 N–H and O–H groups in total. The van der Waals surface area contributed by atoms with E-state index in [1.54, 1.807) is 18.4 Å². The number of aromatic nitrogens is 2. The Morgan fingerprint density at radius 3 is 2.82 bits per heavy atom. The van der Waals surface area contributed by atoms with Gasteiger partial charge < -0.3 is 10.5 Å². The molecular weight excluding hydrogens is 162 g/mol. The fourth-order valence-electron chi connectivity index (χ4n) is 0.695. The van der Waals surface area contributed by atoms with E-state index in [-0.39, 0.29) is 0 Å². The molecule has 0 radical (unpaired) electrons. The van der Waals surface area contributed by atoms with E-state index in [1.165, 1.54) is 0 Å². The van der Waals surface area contributed by atoms with Crippen molar-refractivity contribution in [1.82, 2.24) is 10.2 Å². The van der Waals surface area contributed by atoms with Gasteiger partial charge in [-0.05, 0) is 6.54 Å². The van der Waals surface area contributed by atoms with Gasteiger partial charge in [-0.1, -0.05) is 11.3 Å². The summed E-state index contributed by atoms with van der Waals surface area (Å²) >= 11 is 1.55. The molecule has 0 saturated heterocycles. The number of hydrogen-bond donors (Lipinski definition) is 1. The van der Waals surface area contributed by atoms with Crippen molar-refractivity contribution in [2.45, 2.75) is 13.0 Å². The lowest BCUT2D eigenvalue weighted by Gasteiger charge is -1.88. The van der Waals surface area contributed by atoms with Crippen LogP contribution in [0.5, 0.6) is 0 Å². The summed E-state index contributed by atoms with van der Waals surface area (Å²) in [7, 11) is 1.64. The normalized spacial score (nSPS) is 10.4. The number of nitrogens with two attached hydrogens (primary N) is 1. The van der Waals surface area contributed by atoms with Crippen LogP contribution in [0.15, 0.2) is 0 Å². The molecule has 1 aromatic rings. The van der Waals surface area contributed by atoms with Crippen molar-refractivity contribution in [2.75, 3.05) is 13.7 Å². The minimum atomic E-state index is 0.544. The molecule has 62 valence electrons. The molecule has 0 aliphatic rings. The van der Waals surface area contributed by atoms with Crippen molar-refractivity contribution in [2.24, 2.45) is 5.73 Å². The summed E-state index contributed by atoms with van der Waals surface area (Å²) in [5, 5.41) is 9.74. The van der Waals surface area contributed by atoms with E-state index in [0.717, 1.165) is 16.4 Å². The first-order valence-corrected chi connectivity index (χ1v) is 4.18. The number of nitrogens with zero attached hydrogens (tertiary/aromatic N) is 2. The third-order valence-corrected chi connectivity index (χ3v) is 2.09. The molecule has 1 aromatic heterocycles. The van der Waals surface area contributed by atoms with Crippen LogP contribution in [0.3, 0.4) is 0 Å². The van der Waals surface area contributed by atoms with Crippen LogP contribution in [0.1, 0.15) is 10.0 Å². The van der Waals surface area contributed by atoms with Crippen LogP contribution < -0.4 is 5.73 Å². The van der Waals surface area contributed by atoms with Crippen molar-refractivity contribution < 1.29 is 4.74 Å². The molecule has 5 heteroatoms. The first-order valence-electron chi connectivity index (χ1n) is 3.37. The van der Waals surface area contributed by atoms with Gasteiger partial charge >= 0.3 is 0 Å². The SMILES string of the molecule is COCc1nnc(CCN)s1. The third kappa shape index (κ3) is 2.53. The zero-order valence-corrected chi connectivity index (χ0v) is 7.23. The number of rotatable bonds is 4. The highest BCUT2D eigenvalue weighted by molar-refractivity contribution is 7.11. The van der Waals surface area contributed by atoms with Crippen molar-refractivity contribution in [3.63, 3.8) is 0 Å². The van der Waals surface area contributed by atoms with Gasteiger partial charge in [-0.2, -0.15) is 0 Å². The molecule has 4 nitrogen and oxygen atoms in total. The molecule has 0 spiro atoms. The summed E-state index contributed by atoms with van der Waals surface area (Å²) in [5.41, 5.74) is 5.35. The maximum Gasteiger partial charge on any atom is 0.143 e. The van der Waals surface area contributed by atoms with Gasteiger partial charge in [0.25, 0.3) is 0 Å². The molecule has 0 unspecified atom stereocenters. The van der Waals surface area contributed by atoms with E-state index >= 15 is 0 Å². The summed E-state index contributed by atoms with van der Waals surface area (Å²) in [4.78, 5) is 0.